The minimum atomic E-state index is 0.504. The number of thioether (sulfide) groups is 1. The molecule has 0 saturated carbocycles. The van der Waals surface area contributed by atoms with Gasteiger partial charge in [0.15, 0.2) is 0 Å². The summed E-state index contributed by atoms with van der Waals surface area (Å²) < 4.78 is 0. The standard InChI is InChI=1S/C21H23N5S/c1-4-17-18(10-22)20(26(2)3)25-21(19(17)11-23)27-13-14-5-6-16-12-24-8-7-15(16)9-14/h5-6,9,24H,4,7-8,12-13H2,1-3H3. The number of aromatic nitrogens is 1. The van der Waals surface area contributed by atoms with Crippen molar-refractivity contribution in [2.45, 2.75) is 37.1 Å². The average Bonchev–Trinajstić information content (AvgIpc) is 2.70. The molecule has 1 aromatic carbocycles. The van der Waals surface area contributed by atoms with Gasteiger partial charge in [-0.15, -0.1) is 11.8 Å². The molecule has 0 amide bonds. The molecule has 1 aromatic heterocycles. The maximum atomic E-state index is 9.70. The van der Waals surface area contributed by atoms with Crippen molar-refractivity contribution in [1.29, 1.82) is 10.5 Å². The zero-order valence-electron chi connectivity index (χ0n) is 16.0. The molecule has 1 N–H and O–H groups in total. The minimum Gasteiger partial charge on any atom is -0.362 e. The molecule has 0 fully saturated rings. The Morgan fingerprint density at radius 1 is 1.19 bits per heavy atom. The fourth-order valence-corrected chi connectivity index (χ4v) is 4.33. The van der Waals surface area contributed by atoms with Gasteiger partial charge in [-0.25, -0.2) is 4.98 Å². The van der Waals surface area contributed by atoms with Crippen LogP contribution in [-0.4, -0.2) is 25.6 Å². The second kappa shape index (κ2) is 8.43. The van der Waals surface area contributed by atoms with E-state index >= 15 is 0 Å². The van der Waals surface area contributed by atoms with Crippen LogP contribution in [0.1, 0.15) is 40.3 Å². The number of hydrogen-bond acceptors (Lipinski definition) is 6. The quantitative estimate of drug-likeness (QED) is 0.805. The van der Waals surface area contributed by atoms with E-state index in [1.54, 1.807) is 11.8 Å². The van der Waals surface area contributed by atoms with Gasteiger partial charge in [0.25, 0.3) is 0 Å². The van der Waals surface area contributed by atoms with Crippen molar-refractivity contribution >= 4 is 17.6 Å². The average molecular weight is 378 g/mol. The van der Waals surface area contributed by atoms with E-state index in [0.717, 1.165) is 30.8 Å². The van der Waals surface area contributed by atoms with Gasteiger partial charge in [0, 0.05) is 26.4 Å². The Labute approximate surface area is 165 Å². The highest BCUT2D eigenvalue weighted by atomic mass is 32.2. The van der Waals surface area contributed by atoms with Gasteiger partial charge >= 0.3 is 0 Å². The summed E-state index contributed by atoms with van der Waals surface area (Å²) in [6, 6.07) is 11.1. The van der Waals surface area contributed by atoms with Crippen LogP contribution in [-0.2, 0) is 25.1 Å². The summed E-state index contributed by atoms with van der Waals surface area (Å²) in [5.74, 6) is 1.39. The molecule has 0 aliphatic carbocycles. The fraction of sp³-hybridized carbons (Fsp3) is 0.381. The first-order valence-electron chi connectivity index (χ1n) is 9.07. The predicted molar refractivity (Wildman–Crippen MR) is 109 cm³/mol. The molecule has 1 aliphatic rings. The van der Waals surface area contributed by atoms with Crippen molar-refractivity contribution in [3.05, 3.63) is 51.6 Å². The molecule has 0 atom stereocenters. The smallest absolute Gasteiger partial charge is 0.147 e. The third-order valence-corrected chi connectivity index (χ3v) is 5.83. The van der Waals surface area contributed by atoms with Crippen molar-refractivity contribution in [2.75, 3.05) is 25.5 Å². The van der Waals surface area contributed by atoms with Gasteiger partial charge in [0.1, 0.15) is 23.0 Å². The summed E-state index contributed by atoms with van der Waals surface area (Å²) in [5, 5.41) is 23.4. The highest BCUT2D eigenvalue weighted by molar-refractivity contribution is 7.98. The zero-order chi connectivity index (χ0) is 19.4. The van der Waals surface area contributed by atoms with Crippen molar-refractivity contribution in [3.63, 3.8) is 0 Å². The van der Waals surface area contributed by atoms with Gasteiger partial charge < -0.3 is 10.2 Å². The van der Waals surface area contributed by atoms with Gasteiger partial charge in [-0.3, -0.25) is 0 Å². The molecule has 0 unspecified atom stereocenters. The van der Waals surface area contributed by atoms with Crippen molar-refractivity contribution < 1.29 is 0 Å². The third-order valence-electron chi connectivity index (χ3n) is 4.78. The topological polar surface area (TPSA) is 75.7 Å². The van der Waals surface area contributed by atoms with Crippen molar-refractivity contribution in [1.82, 2.24) is 10.3 Å². The van der Waals surface area contributed by atoms with E-state index in [4.69, 9.17) is 0 Å². The number of anilines is 1. The minimum absolute atomic E-state index is 0.504. The summed E-state index contributed by atoms with van der Waals surface area (Å²) >= 11 is 1.57. The van der Waals surface area contributed by atoms with Crippen LogP contribution in [0.5, 0.6) is 0 Å². The van der Waals surface area contributed by atoms with E-state index in [0.29, 0.717) is 28.4 Å². The molecule has 138 valence electrons. The molecule has 0 spiro atoms. The molecule has 2 heterocycles. The van der Waals surface area contributed by atoms with Gasteiger partial charge in [0.05, 0.1) is 11.1 Å². The summed E-state index contributed by atoms with van der Waals surface area (Å²) in [4.78, 5) is 6.50. The maximum absolute atomic E-state index is 9.70. The molecule has 0 radical (unpaired) electrons. The number of pyridine rings is 1. The second-order valence-corrected chi connectivity index (χ2v) is 7.72. The molecule has 0 saturated heterocycles. The van der Waals surface area contributed by atoms with E-state index in [1.165, 1.54) is 16.7 Å². The van der Waals surface area contributed by atoms with E-state index in [1.807, 2.05) is 25.9 Å². The van der Waals surface area contributed by atoms with E-state index in [-0.39, 0.29) is 0 Å². The van der Waals surface area contributed by atoms with Crippen LogP contribution >= 0.6 is 11.8 Å². The lowest BCUT2D eigenvalue weighted by atomic mass is 9.99. The fourth-order valence-electron chi connectivity index (χ4n) is 3.38. The lowest BCUT2D eigenvalue weighted by Crippen LogP contribution is -2.23. The normalized spacial score (nSPS) is 12.8. The van der Waals surface area contributed by atoms with Crippen LogP contribution in [0.4, 0.5) is 5.82 Å². The van der Waals surface area contributed by atoms with Gasteiger partial charge in [-0.05, 0) is 41.6 Å². The Morgan fingerprint density at radius 2 is 1.96 bits per heavy atom. The number of benzene rings is 1. The van der Waals surface area contributed by atoms with Crippen LogP contribution < -0.4 is 10.2 Å². The summed E-state index contributed by atoms with van der Waals surface area (Å²) in [6.07, 6.45) is 1.69. The van der Waals surface area contributed by atoms with E-state index in [9.17, 15) is 10.5 Å². The van der Waals surface area contributed by atoms with Crippen molar-refractivity contribution in [2.24, 2.45) is 0 Å². The Morgan fingerprint density at radius 3 is 2.63 bits per heavy atom. The summed E-state index contributed by atoms with van der Waals surface area (Å²) in [6.45, 7) is 3.93. The largest absolute Gasteiger partial charge is 0.362 e. The molecule has 3 rings (SSSR count). The van der Waals surface area contributed by atoms with Gasteiger partial charge in [-0.1, -0.05) is 25.1 Å². The van der Waals surface area contributed by atoms with Gasteiger partial charge in [0.2, 0.25) is 0 Å². The molecule has 1 aliphatic heterocycles. The first-order chi connectivity index (χ1) is 13.1. The van der Waals surface area contributed by atoms with E-state index in [2.05, 4.69) is 40.6 Å². The lowest BCUT2D eigenvalue weighted by molar-refractivity contribution is 0.643. The van der Waals surface area contributed by atoms with Crippen molar-refractivity contribution in [3.8, 4) is 12.1 Å². The number of nitrogens with zero attached hydrogens (tertiary/aromatic N) is 4. The van der Waals surface area contributed by atoms with Gasteiger partial charge in [-0.2, -0.15) is 10.5 Å². The highest BCUT2D eigenvalue weighted by Gasteiger charge is 2.20. The number of rotatable bonds is 5. The Kier molecular flexibility index (Phi) is 6.01. The predicted octanol–water partition coefficient (Wildman–Crippen LogP) is 3.39. The molecular formula is C21H23N5S. The number of nitrogens with one attached hydrogen (secondary N) is 1. The first-order valence-corrected chi connectivity index (χ1v) is 10.1. The Balaban J connectivity index is 1.94. The van der Waals surface area contributed by atoms with Crippen LogP contribution in [0, 0.1) is 22.7 Å². The zero-order valence-corrected chi connectivity index (χ0v) is 16.8. The molecule has 6 heteroatoms. The third kappa shape index (κ3) is 3.93. The van der Waals surface area contributed by atoms with Crippen LogP contribution in [0.25, 0.3) is 0 Å². The van der Waals surface area contributed by atoms with Crippen LogP contribution in [0.2, 0.25) is 0 Å². The molecule has 0 bridgehead atoms. The molecule has 27 heavy (non-hydrogen) atoms. The SMILES string of the molecule is CCc1c(C#N)c(SCc2ccc3c(c2)CCNC3)nc(N(C)C)c1C#N. The Bertz CT molecular complexity index is 937. The molecule has 5 nitrogen and oxygen atoms in total. The van der Waals surface area contributed by atoms with E-state index < -0.39 is 0 Å². The number of nitriles is 2. The lowest BCUT2D eigenvalue weighted by Gasteiger charge is -2.19. The maximum Gasteiger partial charge on any atom is 0.147 e. The van der Waals surface area contributed by atoms with Crippen LogP contribution in [0.15, 0.2) is 23.2 Å². The number of fused-ring (bicyclic) bond motifs is 1. The Hall–Kier alpha value is -2.54. The highest BCUT2D eigenvalue weighted by Crippen LogP contribution is 2.33. The first kappa shape index (κ1) is 19.2. The number of hydrogen-bond donors (Lipinski definition) is 1. The summed E-state index contributed by atoms with van der Waals surface area (Å²) in [7, 11) is 3.75. The molecule has 2 aromatic rings. The monoisotopic (exact) mass is 377 g/mol. The molecular weight excluding hydrogens is 354 g/mol. The van der Waals surface area contributed by atoms with Crippen LogP contribution in [0.3, 0.4) is 0 Å². The second-order valence-electron chi connectivity index (χ2n) is 6.76. The summed E-state index contributed by atoms with van der Waals surface area (Å²) in [5.41, 5.74) is 5.84.